The average molecular weight is 425 g/mol. The van der Waals surface area contributed by atoms with Crippen molar-refractivity contribution in [3.63, 3.8) is 0 Å². The first-order valence-electron chi connectivity index (χ1n) is 8.80. The van der Waals surface area contributed by atoms with Gasteiger partial charge in [-0.1, -0.05) is 23.2 Å². The van der Waals surface area contributed by atoms with Crippen molar-refractivity contribution in [3.8, 4) is 0 Å². The third kappa shape index (κ3) is 5.64. The second kappa shape index (κ2) is 9.32. The molecule has 1 aliphatic rings. The number of aromatic nitrogens is 1. The van der Waals surface area contributed by atoms with Gasteiger partial charge in [-0.3, -0.25) is 14.5 Å². The van der Waals surface area contributed by atoms with Gasteiger partial charge in [-0.05, 0) is 49.7 Å². The summed E-state index contributed by atoms with van der Waals surface area (Å²) in [5.41, 5.74) is 0.427. The van der Waals surface area contributed by atoms with Gasteiger partial charge in [0.05, 0.1) is 22.5 Å². The van der Waals surface area contributed by atoms with Crippen LogP contribution in [0.2, 0.25) is 10.0 Å². The van der Waals surface area contributed by atoms with Crippen LogP contribution in [0.15, 0.2) is 36.5 Å². The lowest BCUT2D eigenvalue weighted by molar-refractivity contribution is -0.123. The van der Waals surface area contributed by atoms with Gasteiger partial charge in [-0.15, -0.1) is 0 Å². The first-order valence-corrected chi connectivity index (χ1v) is 9.56. The molecule has 1 fully saturated rings. The Labute approximate surface area is 172 Å². The van der Waals surface area contributed by atoms with Crippen molar-refractivity contribution in [1.82, 2.24) is 9.88 Å². The Morgan fingerprint density at radius 2 is 2.04 bits per heavy atom. The Kier molecular flexibility index (Phi) is 6.83. The van der Waals surface area contributed by atoms with Gasteiger partial charge in [0, 0.05) is 18.4 Å². The second-order valence-corrected chi connectivity index (χ2v) is 7.45. The molecular weight excluding hydrogens is 406 g/mol. The number of likely N-dealkylation sites (tertiary alicyclic amines) is 1. The molecule has 0 aliphatic carbocycles. The van der Waals surface area contributed by atoms with E-state index in [2.05, 4.69) is 15.6 Å². The predicted octanol–water partition coefficient (Wildman–Crippen LogP) is 3.82. The molecule has 6 nitrogen and oxygen atoms in total. The number of nitrogens with one attached hydrogen (secondary N) is 2. The van der Waals surface area contributed by atoms with Gasteiger partial charge in [-0.2, -0.15) is 0 Å². The number of benzene rings is 1. The standard InChI is InChI=1S/C19H19Cl2FN4O2/c20-13-3-6-17(23-9-13)25-19(28)12-2-1-7-26(10-12)11-18(27)24-14-4-5-16(22)15(21)8-14/h3-6,8-9,12H,1-2,7,10-11H2,(H,24,27)(H,23,25,28). The Morgan fingerprint density at radius 3 is 2.75 bits per heavy atom. The van der Waals surface area contributed by atoms with Crippen molar-refractivity contribution in [1.29, 1.82) is 0 Å². The molecule has 0 saturated carbocycles. The number of anilines is 2. The van der Waals surface area contributed by atoms with E-state index in [9.17, 15) is 14.0 Å². The number of hydrogen-bond acceptors (Lipinski definition) is 4. The van der Waals surface area contributed by atoms with Gasteiger partial charge >= 0.3 is 0 Å². The van der Waals surface area contributed by atoms with Crippen LogP contribution in [0.1, 0.15) is 12.8 Å². The summed E-state index contributed by atoms with van der Waals surface area (Å²) in [5, 5.41) is 5.91. The molecule has 1 aliphatic heterocycles. The Balaban J connectivity index is 1.52. The molecule has 2 aromatic rings. The molecule has 3 rings (SSSR count). The molecule has 0 radical (unpaired) electrons. The first-order chi connectivity index (χ1) is 13.4. The van der Waals surface area contributed by atoms with E-state index in [0.717, 1.165) is 19.4 Å². The minimum atomic E-state index is -0.542. The van der Waals surface area contributed by atoms with Crippen LogP contribution in [-0.4, -0.2) is 41.3 Å². The van der Waals surface area contributed by atoms with Crippen LogP contribution in [-0.2, 0) is 9.59 Å². The van der Waals surface area contributed by atoms with Crippen molar-refractivity contribution in [2.75, 3.05) is 30.3 Å². The largest absolute Gasteiger partial charge is 0.325 e. The van der Waals surface area contributed by atoms with Crippen LogP contribution in [0.3, 0.4) is 0 Å². The van der Waals surface area contributed by atoms with Crippen molar-refractivity contribution in [2.24, 2.45) is 5.92 Å². The van der Waals surface area contributed by atoms with E-state index < -0.39 is 5.82 Å². The number of carbonyl (C=O) groups is 2. The topological polar surface area (TPSA) is 74.3 Å². The van der Waals surface area contributed by atoms with Crippen LogP contribution in [0, 0.1) is 11.7 Å². The second-order valence-electron chi connectivity index (χ2n) is 6.60. The number of rotatable bonds is 5. The van der Waals surface area contributed by atoms with Gasteiger partial charge in [0.2, 0.25) is 11.8 Å². The average Bonchev–Trinajstić information content (AvgIpc) is 2.66. The molecule has 2 amide bonds. The number of pyridine rings is 1. The number of halogens is 3. The maximum atomic E-state index is 13.2. The molecule has 0 spiro atoms. The molecule has 1 atom stereocenters. The van der Waals surface area contributed by atoms with Gasteiger partial charge in [-0.25, -0.2) is 9.37 Å². The zero-order valence-corrected chi connectivity index (χ0v) is 16.4. The maximum absolute atomic E-state index is 13.2. The summed E-state index contributed by atoms with van der Waals surface area (Å²) >= 11 is 11.5. The summed E-state index contributed by atoms with van der Waals surface area (Å²) in [6.07, 6.45) is 3.02. The Morgan fingerprint density at radius 1 is 1.21 bits per heavy atom. The van der Waals surface area contributed by atoms with Crippen LogP contribution in [0.4, 0.5) is 15.9 Å². The highest BCUT2D eigenvalue weighted by atomic mass is 35.5. The van der Waals surface area contributed by atoms with E-state index in [1.54, 1.807) is 12.1 Å². The van der Waals surface area contributed by atoms with Crippen LogP contribution in [0.25, 0.3) is 0 Å². The van der Waals surface area contributed by atoms with Crippen molar-refractivity contribution >= 4 is 46.5 Å². The molecule has 1 saturated heterocycles. The highest BCUT2D eigenvalue weighted by molar-refractivity contribution is 6.31. The molecule has 1 aromatic carbocycles. The fourth-order valence-corrected chi connectivity index (χ4v) is 3.36. The minimum Gasteiger partial charge on any atom is -0.325 e. The van der Waals surface area contributed by atoms with Crippen molar-refractivity contribution in [3.05, 3.63) is 52.4 Å². The number of piperidine rings is 1. The third-order valence-electron chi connectivity index (χ3n) is 4.43. The molecule has 0 bridgehead atoms. The zero-order chi connectivity index (χ0) is 20.1. The Hall–Kier alpha value is -2.22. The van der Waals surface area contributed by atoms with E-state index in [1.165, 1.54) is 24.4 Å². The van der Waals surface area contributed by atoms with Gasteiger partial charge in [0.1, 0.15) is 11.6 Å². The molecular formula is C19H19Cl2FN4O2. The van der Waals surface area contributed by atoms with E-state index in [4.69, 9.17) is 23.2 Å². The Bertz CT molecular complexity index is 864. The fraction of sp³-hybridized carbons (Fsp3) is 0.316. The molecule has 1 unspecified atom stereocenters. The van der Waals surface area contributed by atoms with Gasteiger partial charge < -0.3 is 10.6 Å². The summed E-state index contributed by atoms with van der Waals surface area (Å²) < 4.78 is 13.2. The molecule has 2 N–H and O–H groups in total. The predicted molar refractivity (Wildman–Crippen MR) is 107 cm³/mol. The van der Waals surface area contributed by atoms with Crippen LogP contribution in [0.5, 0.6) is 0 Å². The lowest BCUT2D eigenvalue weighted by Gasteiger charge is -2.31. The van der Waals surface area contributed by atoms with E-state index in [1.807, 2.05) is 4.90 Å². The van der Waals surface area contributed by atoms with Crippen LogP contribution >= 0.6 is 23.2 Å². The molecule has 2 heterocycles. The van der Waals surface area contributed by atoms with Crippen molar-refractivity contribution < 1.29 is 14.0 Å². The SMILES string of the molecule is O=C(CN1CCCC(C(=O)Nc2ccc(Cl)cn2)C1)Nc1ccc(F)c(Cl)c1. The highest BCUT2D eigenvalue weighted by Gasteiger charge is 2.27. The fourth-order valence-electron chi connectivity index (χ4n) is 3.07. The quantitative estimate of drug-likeness (QED) is 0.764. The summed E-state index contributed by atoms with van der Waals surface area (Å²) in [5.74, 6) is -0.718. The van der Waals surface area contributed by atoms with Gasteiger partial charge in [0.25, 0.3) is 0 Å². The van der Waals surface area contributed by atoms with Crippen LogP contribution < -0.4 is 10.6 Å². The lowest BCUT2D eigenvalue weighted by Crippen LogP contribution is -2.44. The number of hydrogen-bond donors (Lipinski definition) is 2. The maximum Gasteiger partial charge on any atom is 0.238 e. The smallest absolute Gasteiger partial charge is 0.238 e. The lowest BCUT2D eigenvalue weighted by atomic mass is 9.97. The minimum absolute atomic E-state index is 0.0525. The molecule has 1 aromatic heterocycles. The summed E-state index contributed by atoms with van der Waals surface area (Å²) in [6, 6.07) is 7.31. The monoisotopic (exact) mass is 424 g/mol. The number of amides is 2. The van der Waals surface area contributed by atoms with Gasteiger partial charge in [0.15, 0.2) is 0 Å². The zero-order valence-electron chi connectivity index (χ0n) is 14.9. The van der Waals surface area contributed by atoms with E-state index in [0.29, 0.717) is 23.1 Å². The summed E-state index contributed by atoms with van der Waals surface area (Å²) in [6.45, 7) is 1.33. The molecule has 9 heteroatoms. The number of nitrogens with zero attached hydrogens (tertiary/aromatic N) is 2. The van der Waals surface area contributed by atoms with E-state index >= 15 is 0 Å². The first kappa shape index (κ1) is 20.5. The summed E-state index contributed by atoms with van der Waals surface area (Å²) in [7, 11) is 0. The summed E-state index contributed by atoms with van der Waals surface area (Å²) in [4.78, 5) is 30.7. The third-order valence-corrected chi connectivity index (χ3v) is 4.94. The highest BCUT2D eigenvalue weighted by Crippen LogP contribution is 2.21. The number of carbonyl (C=O) groups excluding carboxylic acids is 2. The van der Waals surface area contributed by atoms with Crippen molar-refractivity contribution in [2.45, 2.75) is 12.8 Å². The normalized spacial score (nSPS) is 17.2. The molecule has 148 valence electrons. The molecule has 28 heavy (non-hydrogen) atoms. The van der Waals surface area contributed by atoms with E-state index in [-0.39, 0.29) is 29.3 Å².